The third kappa shape index (κ3) is 1.78. The van der Waals surface area contributed by atoms with Crippen molar-refractivity contribution in [1.82, 2.24) is 0 Å². The standard InChI is InChI=1S/C8H7ClF3N/c1-3(13)6-7(11)4(9)2-5(10)8(6)12/h2-3H,13H2,1H3. The number of nitrogens with two attached hydrogens (primary N) is 1. The predicted molar refractivity (Wildman–Crippen MR) is 43.9 cm³/mol. The molecule has 0 aliphatic rings. The molecular weight excluding hydrogens is 203 g/mol. The van der Waals surface area contributed by atoms with Crippen LogP contribution in [0.4, 0.5) is 13.2 Å². The Morgan fingerprint density at radius 3 is 2.31 bits per heavy atom. The largest absolute Gasteiger partial charge is 0.324 e. The summed E-state index contributed by atoms with van der Waals surface area (Å²) >= 11 is 5.30. The van der Waals surface area contributed by atoms with Crippen LogP contribution in [0.5, 0.6) is 0 Å². The van der Waals surface area contributed by atoms with Gasteiger partial charge >= 0.3 is 0 Å². The van der Waals surface area contributed by atoms with Gasteiger partial charge in [0.1, 0.15) is 5.82 Å². The zero-order valence-electron chi connectivity index (χ0n) is 6.74. The Morgan fingerprint density at radius 1 is 1.31 bits per heavy atom. The zero-order chi connectivity index (χ0) is 10.2. The maximum Gasteiger partial charge on any atom is 0.166 e. The fourth-order valence-electron chi connectivity index (χ4n) is 0.991. The first-order valence-corrected chi connectivity index (χ1v) is 3.91. The van der Waals surface area contributed by atoms with E-state index in [9.17, 15) is 13.2 Å². The van der Waals surface area contributed by atoms with Gasteiger partial charge in [0.15, 0.2) is 11.6 Å². The molecule has 1 aromatic carbocycles. The van der Waals surface area contributed by atoms with Crippen molar-refractivity contribution in [2.75, 3.05) is 0 Å². The molecule has 0 saturated heterocycles. The molecule has 0 aromatic heterocycles. The molecule has 0 aliphatic heterocycles. The molecule has 72 valence electrons. The molecule has 1 atom stereocenters. The van der Waals surface area contributed by atoms with Crippen molar-refractivity contribution >= 4 is 11.6 Å². The van der Waals surface area contributed by atoms with E-state index < -0.39 is 34.1 Å². The van der Waals surface area contributed by atoms with Gasteiger partial charge in [0, 0.05) is 11.6 Å². The minimum absolute atomic E-state index is 0.466. The lowest BCUT2D eigenvalue weighted by atomic mass is 10.1. The Morgan fingerprint density at radius 2 is 1.85 bits per heavy atom. The molecule has 0 bridgehead atoms. The van der Waals surface area contributed by atoms with E-state index >= 15 is 0 Å². The van der Waals surface area contributed by atoms with Gasteiger partial charge < -0.3 is 5.73 Å². The molecule has 1 rings (SSSR count). The van der Waals surface area contributed by atoms with E-state index in [1.165, 1.54) is 6.92 Å². The van der Waals surface area contributed by atoms with Crippen molar-refractivity contribution < 1.29 is 13.2 Å². The number of halogens is 4. The molecule has 1 aromatic rings. The first kappa shape index (κ1) is 10.3. The summed E-state index contributed by atoms with van der Waals surface area (Å²) in [7, 11) is 0. The van der Waals surface area contributed by atoms with Crippen LogP contribution in [-0.2, 0) is 0 Å². The van der Waals surface area contributed by atoms with Crippen LogP contribution in [-0.4, -0.2) is 0 Å². The van der Waals surface area contributed by atoms with Crippen molar-refractivity contribution in [3.8, 4) is 0 Å². The highest BCUT2D eigenvalue weighted by molar-refractivity contribution is 6.30. The van der Waals surface area contributed by atoms with E-state index in [1.54, 1.807) is 0 Å². The summed E-state index contributed by atoms with van der Waals surface area (Å²) in [6, 6.07) is -0.355. The van der Waals surface area contributed by atoms with E-state index in [4.69, 9.17) is 17.3 Å². The fourth-order valence-corrected chi connectivity index (χ4v) is 1.19. The van der Waals surface area contributed by atoms with Crippen LogP contribution < -0.4 is 5.73 Å². The Balaban J connectivity index is 3.46. The Bertz CT molecular complexity index is 312. The number of rotatable bonds is 1. The normalized spacial score (nSPS) is 13.1. The summed E-state index contributed by atoms with van der Waals surface area (Å²) in [5.74, 6) is -3.48. The van der Waals surface area contributed by atoms with Crippen molar-refractivity contribution in [2.24, 2.45) is 5.73 Å². The van der Waals surface area contributed by atoms with E-state index in [0.717, 1.165) is 0 Å². The van der Waals surface area contributed by atoms with Gasteiger partial charge in [-0.2, -0.15) is 0 Å². The van der Waals surface area contributed by atoms with E-state index in [1.807, 2.05) is 0 Å². The van der Waals surface area contributed by atoms with Gasteiger partial charge in [-0.1, -0.05) is 11.6 Å². The van der Waals surface area contributed by atoms with Gasteiger partial charge in [0.2, 0.25) is 0 Å². The number of benzene rings is 1. The molecular formula is C8H7ClF3N. The second-order valence-corrected chi connectivity index (χ2v) is 3.08. The maximum absolute atomic E-state index is 13.1. The Labute approximate surface area is 78.3 Å². The van der Waals surface area contributed by atoms with E-state index in [2.05, 4.69) is 0 Å². The third-order valence-electron chi connectivity index (χ3n) is 1.60. The summed E-state index contributed by atoms with van der Waals surface area (Å²) in [6.45, 7) is 1.34. The van der Waals surface area contributed by atoms with Gasteiger partial charge in [-0.15, -0.1) is 0 Å². The SMILES string of the molecule is CC(N)c1c(F)c(F)cc(Cl)c1F. The molecule has 0 amide bonds. The first-order chi connectivity index (χ1) is 5.95. The topological polar surface area (TPSA) is 26.0 Å². The van der Waals surface area contributed by atoms with Gasteiger partial charge in [-0.25, -0.2) is 13.2 Å². The average molecular weight is 210 g/mol. The second-order valence-electron chi connectivity index (χ2n) is 2.67. The summed E-state index contributed by atoms with van der Waals surface area (Å²) in [5, 5.41) is -0.466. The second kappa shape index (κ2) is 3.55. The summed E-state index contributed by atoms with van der Waals surface area (Å²) < 4.78 is 38.7. The average Bonchev–Trinajstić information content (AvgIpc) is 2.01. The molecule has 0 saturated carbocycles. The molecule has 0 aliphatic carbocycles. The predicted octanol–water partition coefficient (Wildman–Crippen LogP) is 2.78. The molecule has 1 unspecified atom stereocenters. The van der Waals surface area contributed by atoms with Crippen LogP contribution in [0, 0.1) is 17.5 Å². The molecule has 1 nitrogen and oxygen atoms in total. The van der Waals surface area contributed by atoms with Crippen LogP contribution in [0.15, 0.2) is 6.07 Å². The number of hydrogen-bond donors (Lipinski definition) is 1. The highest BCUT2D eigenvalue weighted by atomic mass is 35.5. The highest BCUT2D eigenvalue weighted by Crippen LogP contribution is 2.27. The van der Waals surface area contributed by atoms with Gasteiger partial charge in [0.05, 0.1) is 5.02 Å². The van der Waals surface area contributed by atoms with Gasteiger partial charge in [-0.05, 0) is 13.0 Å². The lowest BCUT2D eigenvalue weighted by Gasteiger charge is -2.09. The monoisotopic (exact) mass is 209 g/mol. The fraction of sp³-hybridized carbons (Fsp3) is 0.250. The van der Waals surface area contributed by atoms with Gasteiger partial charge in [-0.3, -0.25) is 0 Å². The van der Waals surface area contributed by atoms with Crippen LogP contribution >= 0.6 is 11.6 Å². The molecule has 5 heteroatoms. The smallest absolute Gasteiger partial charge is 0.166 e. The summed E-state index contributed by atoms with van der Waals surface area (Å²) in [4.78, 5) is 0. The van der Waals surface area contributed by atoms with E-state index in [0.29, 0.717) is 6.07 Å². The van der Waals surface area contributed by atoms with Crippen LogP contribution in [0.25, 0.3) is 0 Å². The lowest BCUT2D eigenvalue weighted by Crippen LogP contribution is -2.11. The first-order valence-electron chi connectivity index (χ1n) is 3.53. The zero-order valence-corrected chi connectivity index (χ0v) is 7.50. The van der Waals surface area contributed by atoms with Crippen LogP contribution in [0.2, 0.25) is 5.02 Å². The van der Waals surface area contributed by atoms with Crippen molar-refractivity contribution in [1.29, 1.82) is 0 Å². The van der Waals surface area contributed by atoms with Gasteiger partial charge in [0.25, 0.3) is 0 Å². The molecule has 0 radical (unpaired) electrons. The minimum Gasteiger partial charge on any atom is -0.324 e. The van der Waals surface area contributed by atoms with Crippen LogP contribution in [0.1, 0.15) is 18.5 Å². The Hall–Kier alpha value is -0.740. The molecule has 0 heterocycles. The van der Waals surface area contributed by atoms with E-state index in [-0.39, 0.29) is 0 Å². The maximum atomic E-state index is 13.1. The Kier molecular flexibility index (Phi) is 2.83. The van der Waals surface area contributed by atoms with Crippen molar-refractivity contribution in [2.45, 2.75) is 13.0 Å². The summed E-state index contributed by atoms with van der Waals surface area (Å²) in [5.41, 5.74) is 4.72. The van der Waals surface area contributed by atoms with Crippen LogP contribution in [0.3, 0.4) is 0 Å². The molecule has 2 N–H and O–H groups in total. The third-order valence-corrected chi connectivity index (χ3v) is 1.88. The number of hydrogen-bond acceptors (Lipinski definition) is 1. The van der Waals surface area contributed by atoms with Crippen molar-refractivity contribution in [3.05, 3.63) is 34.1 Å². The quantitative estimate of drug-likeness (QED) is 0.708. The molecule has 0 fully saturated rings. The van der Waals surface area contributed by atoms with Crippen molar-refractivity contribution in [3.63, 3.8) is 0 Å². The molecule has 0 spiro atoms. The summed E-state index contributed by atoms with van der Waals surface area (Å²) in [6.07, 6.45) is 0. The minimum atomic E-state index is -1.28. The lowest BCUT2D eigenvalue weighted by molar-refractivity contribution is 0.470. The molecule has 13 heavy (non-hydrogen) atoms. The highest BCUT2D eigenvalue weighted by Gasteiger charge is 2.20.